The molecule has 2 rings (SSSR count). The fraction of sp³-hybridized carbons (Fsp3) is 0.500. The maximum absolute atomic E-state index is 11.7. The molecule has 0 aliphatic carbocycles. The number of nitrogens with one attached hydrogen (secondary N) is 1. The average molecular weight is 307 g/mol. The first-order chi connectivity index (χ1) is 9.96. The lowest BCUT2D eigenvalue weighted by atomic mass is 9.95. The Kier molecular flexibility index (Phi) is 4.84. The number of likely N-dealkylation sites (N-methyl/N-ethyl adjacent to an activating group) is 1. The number of pyridine rings is 1. The molecule has 7 heteroatoms. The number of nitrogens with two attached hydrogens (primary N) is 1. The Morgan fingerprint density at radius 1 is 1.52 bits per heavy atom. The van der Waals surface area contributed by atoms with Crippen LogP contribution in [0.2, 0.25) is 0 Å². The summed E-state index contributed by atoms with van der Waals surface area (Å²) < 4.78 is 1.94. The van der Waals surface area contributed by atoms with Crippen LogP contribution < -0.4 is 11.1 Å². The molecule has 2 atom stereocenters. The number of rotatable bonds is 7. The monoisotopic (exact) mass is 307 g/mol. The number of hydrogen-bond acceptors (Lipinski definition) is 5. The van der Waals surface area contributed by atoms with Gasteiger partial charge in [-0.2, -0.15) is 0 Å². The maximum Gasteiger partial charge on any atom is 0.237 e. The zero-order valence-electron chi connectivity index (χ0n) is 12.5. The minimum atomic E-state index is -0.707. The standard InChI is InChI=1S/C14H21N5OS/c1-4-16-14(3,12(15)20)9-10(2)21-13-18-17-11-7-5-6-8-19(11)13/h5-8,10,16H,4,9H2,1-3H3,(H2,15,20). The van der Waals surface area contributed by atoms with Gasteiger partial charge in [0.2, 0.25) is 5.91 Å². The number of hydrogen-bond donors (Lipinski definition) is 2. The van der Waals surface area contributed by atoms with Crippen molar-refractivity contribution in [2.75, 3.05) is 6.54 Å². The molecule has 0 aliphatic rings. The molecular weight excluding hydrogens is 286 g/mol. The molecule has 0 aliphatic heterocycles. The van der Waals surface area contributed by atoms with Gasteiger partial charge in [-0.3, -0.25) is 9.20 Å². The SMILES string of the molecule is CCNC(C)(CC(C)Sc1nnc2ccccn12)C(N)=O. The summed E-state index contributed by atoms with van der Waals surface area (Å²) in [5.74, 6) is -0.331. The second-order valence-electron chi connectivity index (χ2n) is 5.27. The van der Waals surface area contributed by atoms with Crippen LogP contribution in [0.5, 0.6) is 0 Å². The van der Waals surface area contributed by atoms with Crippen molar-refractivity contribution >= 4 is 23.3 Å². The van der Waals surface area contributed by atoms with Gasteiger partial charge in [-0.05, 0) is 32.0 Å². The van der Waals surface area contributed by atoms with E-state index in [4.69, 9.17) is 5.73 Å². The molecule has 6 nitrogen and oxygen atoms in total. The number of primary amides is 1. The van der Waals surface area contributed by atoms with Crippen molar-refractivity contribution in [3.05, 3.63) is 24.4 Å². The summed E-state index contributed by atoms with van der Waals surface area (Å²) in [7, 11) is 0. The largest absolute Gasteiger partial charge is 0.368 e. The van der Waals surface area contributed by atoms with Gasteiger partial charge in [-0.15, -0.1) is 10.2 Å². The number of nitrogens with zero attached hydrogens (tertiary/aromatic N) is 3. The molecule has 2 heterocycles. The molecule has 2 aromatic heterocycles. The average Bonchev–Trinajstić information content (AvgIpc) is 2.82. The summed E-state index contributed by atoms with van der Waals surface area (Å²) in [6, 6.07) is 5.78. The molecule has 0 aromatic carbocycles. The fourth-order valence-electron chi connectivity index (χ4n) is 2.35. The molecule has 0 saturated heterocycles. The summed E-state index contributed by atoms with van der Waals surface area (Å²) in [4.78, 5) is 11.7. The molecular formula is C14H21N5OS. The highest BCUT2D eigenvalue weighted by Gasteiger charge is 2.32. The molecule has 2 unspecified atom stereocenters. The van der Waals surface area contributed by atoms with Crippen molar-refractivity contribution in [2.24, 2.45) is 5.73 Å². The Hall–Kier alpha value is -1.60. The minimum Gasteiger partial charge on any atom is -0.368 e. The van der Waals surface area contributed by atoms with Crippen molar-refractivity contribution in [2.45, 2.75) is 43.1 Å². The second kappa shape index (κ2) is 6.44. The molecule has 21 heavy (non-hydrogen) atoms. The molecule has 0 spiro atoms. The zero-order chi connectivity index (χ0) is 15.5. The quantitative estimate of drug-likeness (QED) is 0.756. The van der Waals surface area contributed by atoms with Gasteiger partial charge in [-0.1, -0.05) is 31.7 Å². The van der Waals surface area contributed by atoms with E-state index < -0.39 is 5.54 Å². The Balaban J connectivity index is 2.10. The summed E-state index contributed by atoms with van der Waals surface area (Å²) in [6.45, 7) is 6.57. The summed E-state index contributed by atoms with van der Waals surface area (Å²) in [6.07, 6.45) is 2.56. The van der Waals surface area contributed by atoms with Gasteiger partial charge in [-0.25, -0.2) is 0 Å². The minimum absolute atomic E-state index is 0.175. The Labute approximate surface area is 128 Å². The molecule has 114 valence electrons. The third-order valence-electron chi connectivity index (χ3n) is 3.40. The van der Waals surface area contributed by atoms with Gasteiger partial charge in [0.25, 0.3) is 0 Å². The van der Waals surface area contributed by atoms with Crippen LogP contribution in [-0.2, 0) is 4.79 Å². The van der Waals surface area contributed by atoms with Crippen molar-refractivity contribution < 1.29 is 4.79 Å². The van der Waals surface area contributed by atoms with E-state index in [0.717, 1.165) is 10.8 Å². The highest BCUT2D eigenvalue weighted by molar-refractivity contribution is 7.99. The number of amides is 1. The lowest BCUT2D eigenvalue weighted by molar-refractivity contribution is -0.124. The molecule has 0 radical (unpaired) electrons. The van der Waals surface area contributed by atoms with Gasteiger partial charge in [0, 0.05) is 11.4 Å². The topological polar surface area (TPSA) is 85.3 Å². The number of carbonyl (C=O) groups is 1. The molecule has 2 aromatic rings. The van der Waals surface area contributed by atoms with E-state index in [1.807, 2.05) is 42.6 Å². The zero-order valence-corrected chi connectivity index (χ0v) is 13.4. The molecule has 1 amide bonds. The molecule has 0 fully saturated rings. The van der Waals surface area contributed by atoms with Gasteiger partial charge in [0.1, 0.15) is 0 Å². The Morgan fingerprint density at radius 2 is 2.29 bits per heavy atom. The molecule has 0 bridgehead atoms. The van der Waals surface area contributed by atoms with Crippen LogP contribution in [0.3, 0.4) is 0 Å². The van der Waals surface area contributed by atoms with Crippen LogP contribution in [0.4, 0.5) is 0 Å². The predicted octanol–water partition coefficient (Wildman–Crippen LogP) is 1.45. The molecule has 0 saturated carbocycles. The van der Waals surface area contributed by atoms with Crippen LogP contribution in [0, 0.1) is 0 Å². The highest BCUT2D eigenvalue weighted by atomic mass is 32.2. The van der Waals surface area contributed by atoms with Gasteiger partial charge in [0.15, 0.2) is 10.8 Å². The highest BCUT2D eigenvalue weighted by Crippen LogP contribution is 2.27. The lowest BCUT2D eigenvalue weighted by Gasteiger charge is -2.29. The van der Waals surface area contributed by atoms with E-state index in [9.17, 15) is 4.79 Å². The summed E-state index contributed by atoms with van der Waals surface area (Å²) in [5, 5.41) is 12.5. The van der Waals surface area contributed by atoms with E-state index in [0.29, 0.717) is 13.0 Å². The van der Waals surface area contributed by atoms with Crippen LogP contribution >= 0.6 is 11.8 Å². The van der Waals surface area contributed by atoms with Crippen LogP contribution in [0.25, 0.3) is 5.65 Å². The predicted molar refractivity (Wildman–Crippen MR) is 84.2 cm³/mol. The molecule has 3 N–H and O–H groups in total. The van der Waals surface area contributed by atoms with Crippen LogP contribution in [0.1, 0.15) is 27.2 Å². The first-order valence-electron chi connectivity index (χ1n) is 6.97. The van der Waals surface area contributed by atoms with Crippen molar-refractivity contribution in [1.29, 1.82) is 0 Å². The Bertz CT molecular complexity index is 629. The third-order valence-corrected chi connectivity index (χ3v) is 4.45. The number of aromatic nitrogens is 3. The Morgan fingerprint density at radius 3 is 2.95 bits per heavy atom. The fourth-order valence-corrected chi connectivity index (χ4v) is 3.48. The van der Waals surface area contributed by atoms with Crippen molar-refractivity contribution in [3.63, 3.8) is 0 Å². The summed E-state index contributed by atoms with van der Waals surface area (Å²) in [5.41, 5.74) is 5.63. The first kappa shape index (κ1) is 15.8. The third kappa shape index (κ3) is 3.54. The number of thioether (sulfide) groups is 1. The van der Waals surface area contributed by atoms with Crippen molar-refractivity contribution in [3.8, 4) is 0 Å². The van der Waals surface area contributed by atoms with Crippen LogP contribution in [-0.4, -0.2) is 37.8 Å². The normalized spacial score (nSPS) is 15.8. The van der Waals surface area contributed by atoms with E-state index >= 15 is 0 Å². The maximum atomic E-state index is 11.7. The number of fused-ring (bicyclic) bond motifs is 1. The van der Waals surface area contributed by atoms with Crippen molar-refractivity contribution in [1.82, 2.24) is 19.9 Å². The van der Waals surface area contributed by atoms with Gasteiger partial charge in [0.05, 0.1) is 5.54 Å². The van der Waals surface area contributed by atoms with E-state index in [1.165, 1.54) is 0 Å². The van der Waals surface area contributed by atoms with Gasteiger partial charge >= 0.3 is 0 Å². The summed E-state index contributed by atoms with van der Waals surface area (Å²) >= 11 is 1.59. The van der Waals surface area contributed by atoms with E-state index in [-0.39, 0.29) is 11.2 Å². The van der Waals surface area contributed by atoms with Gasteiger partial charge < -0.3 is 11.1 Å². The van der Waals surface area contributed by atoms with E-state index in [1.54, 1.807) is 11.8 Å². The van der Waals surface area contributed by atoms with E-state index in [2.05, 4.69) is 22.4 Å². The second-order valence-corrected chi connectivity index (χ2v) is 6.68. The number of carbonyl (C=O) groups excluding carboxylic acids is 1. The van der Waals surface area contributed by atoms with Crippen LogP contribution in [0.15, 0.2) is 29.6 Å². The first-order valence-corrected chi connectivity index (χ1v) is 7.85. The lowest BCUT2D eigenvalue weighted by Crippen LogP contribution is -2.54. The smallest absolute Gasteiger partial charge is 0.237 e.